The molecule has 0 saturated heterocycles. The normalized spacial score (nSPS) is 12.1. The highest BCUT2D eigenvalue weighted by Gasteiger charge is 2.20. The molecule has 0 spiro atoms. The van der Waals surface area contributed by atoms with E-state index in [0.717, 1.165) is 77.0 Å². The molecule has 1 unspecified atom stereocenters. The summed E-state index contributed by atoms with van der Waals surface area (Å²) in [5.41, 5.74) is 0. The van der Waals surface area contributed by atoms with Gasteiger partial charge in [-0.05, 0) is 51.4 Å². The minimum atomic E-state index is -0.775. The van der Waals surface area contributed by atoms with Gasteiger partial charge in [-0.25, -0.2) is 0 Å². The molecule has 0 saturated carbocycles. The Hall–Kier alpha value is -2.11. The predicted octanol–water partition coefficient (Wildman–Crippen LogP) is 25.3. The second-order valence-electron chi connectivity index (χ2n) is 25.2. The summed E-state index contributed by atoms with van der Waals surface area (Å²) in [4.78, 5) is 38.4. The lowest BCUT2D eigenvalue weighted by atomic mass is 10.0. The number of carbonyl (C=O) groups is 3. The molecule has 478 valence electrons. The van der Waals surface area contributed by atoms with Crippen molar-refractivity contribution in [2.75, 3.05) is 13.2 Å². The van der Waals surface area contributed by atoms with E-state index in [4.69, 9.17) is 14.2 Å². The van der Waals surface area contributed by atoms with Crippen molar-refractivity contribution in [2.24, 2.45) is 0 Å². The van der Waals surface area contributed by atoms with Gasteiger partial charge in [-0.2, -0.15) is 0 Å². The van der Waals surface area contributed by atoms with Gasteiger partial charge in [0.1, 0.15) is 13.2 Å². The summed E-state index contributed by atoms with van der Waals surface area (Å²) < 4.78 is 17.0. The number of allylic oxidation sites excluding steroid dienone is 4. The lowest BCUT2D eigenvalue weighted by molar-refractivity contribution is -0.167. The van der Waals surface area contributed by atoms with E-state index in [-0.39, 0.29) is 31.1 Å². The highest BCUT2D eigenvalue weighted by Crippen LogP contribution is 2.19. The van der Waals surface area contributed by atoms with Gasteiger partial charge in [-0.3, -0.25) is 14.4 Å². The Morgan fingerprint density at radius 1 is 0.247 bits per heavy atom. The number of ether oxygens (including phenoxy) is 3. The maximum atomic E-state index is 12.9. The molecule has 0 fully saturated rings. The molecule has 1 atom stereocenters. The van der Waals surface area contributed by atoms with Gasteiger partial charge < -0.3 is 14.2 Å². The third-order valence-corrected chi connectivity index (χ3v) is 17.0. The molecular weight excluding hydrogens is 997 g/mol. The first-order valence-electron chi connectivity index (χ1n) is 36.8. The average molecular weight is 1140 g/mol. The minimum Gasteiger partial charge on any atom is -0.462 e. The Morgan fingerprint density at radius 2 is 0.444 bits per heavy atom. The second kappa shape index (κ2) is 70.4. The Bertz CT molecular complexity index is 1310. The summed E-state index contributed by atoms with van der Waals surface area (Å²) in [6.07, 6.45) is 86.6. The molecule has 0 rings (SSSR count). The van der Waals surface area contributed by atoms with Crippen molar-refractivity contribution in [1.29, 1.82) is 0 Å². The summed E-state index contributed by atoms with van der Waals surface area (Å²) in [7, 11) is 0. The van der Waals surface area contributed by atoms with Crippen molar-refractivity contribution in [3.63, 3.8) is 0 Å². The van der Waals surface area contributed by atoms with Crippen LogP contribution in [-0.4, -0.2) is 37.2 Å². The number of hydrogen-bond donors (Lipinski definition) is 0. The van der Waals surface area contributed by atoms with Crippen LogP contribution in [0.5, 0.6) is 0 Å². The molecule has 0 bridgehead atoms. The van der Waals surface area contributed by atoms with Crippen LogP contribution in [0.25, 0.3) is 0 Å². The van der Waals surface area contributed by atoms with E-state index < -0.39 is 6.10 Å². The SMILES string of the molecule is CCCCC/C=C\C/C=C\CCCCCCCC(=O)OC(COC(=O)CCCCCCCCCCCCCCCCC)COC(=O)CCCCCCCCCCCCCCCCCCCCCCCCCCCCCCCCCCC. The third-order valence-electron chi connectivity index (χ3n) is 17.0. The van der Waals surface area contributed by atoms with Crippen molar-refractivity contribution in [1.82, 2.24) is 0 Å². The Kier molecular flexibility index (Phi) is 68.5. The van der Waals surface area contributed by atoms with Gasteiger partial charge >= 0.3 is 17.9 Å². The van der Waals surface area contributed by atoms with Crippen LogP contribution < -0.4 is 0 Å². The quantitative estimate of drug-likeness (QED) is 0.0261. The second-order valence-corrected chi connectivity index (χ2v) is 25.2. The molecule has 0 aliphatic carbocycles. The topological polar surface area (TPSA) is 78.9 Å². The molecular formula is C75H142O6. The zero-order valence-corrected chi connectivity index (χ0v) is 55.1. The first-order chi connectivity index (χ1) is 40.0. The van der Waals surface area contributed by atoms with E-state index >= 15 is 0 Å². The minimum absolute atomic E-state index is 0.0708. The standard InChI is InChI=1S/C75H142O6/c1-4-7-10-13-16-19-22-25-28-29-30-31-32-33-34-35-36-37-38-39-40-41-42-43-44-45-48-50-53-56-59-62-65-68-74(77)80-71-72(81-75(78)69-66-63-60-57-54-51-47-27-24-21-18-15-12-9-6-3)70-79-73(76)67-64-61-58-55-52-49-46-26-23-20-17-14-11-8-5-2/h18,21,27,47,72H,4-17,19-20,22-26,28-46,48-71H2,1-3H3/b21-18-,47-27-. The summed E-state index contributed by atoms with van der Waals surface area (Å²) in [5.74, 6) is -0.853. The summed E-state index contributed by atoms with van der Waals surface area (Å²) in [6.45, 7) is 6.68. The Labute approximate surface area is 506 Å². The maximum Gasteiger partial charge on any atom is 0.306 e. The van der Waals surface area contributed by atoms with Crippen molar-refractivity contribution in [3.8, 4) is 0 Å². The first kappa shape index (κ1) is 78.9. The molecule has 6 nitrogen and oxygen atoms in total. The fourth-order valence-corrected chi connectivity index (χ4v) is 11.4. The summed E-state index contributed by atoms with van der Waals surface area (Å²) in [6, 6.07) is 0. The van der Waals surface area contributed by atoms with Gasteiger partial charge in [0.25, 0.3) is 0 Å². The predicted molar refractivity (Wildman–Crippen MR) is 353 cm³/mol. The average Bonchev–Trinajstić information content (AvgIpc) is 3.47. The van der Waals surface area contributed by atoms with E-state index in [1.165, 1.54) is 302 Å². The van der Waals surface area contributed by atoms with Crippen LogP contribution in [0.3, 0.4) is 0 Å². The number of unbranched alkanes of at least 4 members (excludes halogenated alkanes) is 54. The number of esters is 3. The van der Waals surface area contributed by atoms with E-state index in [1.54, 1.807) is 0 Å². The lowest BCUT2D eigenvalue weighted by Gasteiger charge is -2.18. The van der Waals surface area contributed by atoms with Crippen molar-refractivity contribution in [3.05, 3.63) is 24.3 Å². The van der Waals surface area contributed by atoms with E-state index in [2.05, 4.69) is 45.1 Å². The van der Waals surface area contributed by atoms with Gasteiger partial charge in [-0.15, -0.1) is 0 Å². The Balaban J connectivity index is 4.09. The summed E-state index contributed by atoms with van der Waals surface area (Å²) >= 11 is 0. The van der Waals surface area contributed by atoms with Gasteiger partial charge in [0.15, 0.2) is 6.10 Å². The monoisotopic (exact) mass is 1140 g/mol. The van der Waals surface area contributed by atoms with E-state index in [9.17, 15) is 14.4 Å². The third kappa shape index (κ3) is 68.6. The lowest BCUT2D eigenvalue weighted by Crippen LogP contribution is -2.30. The van der Waals surface area contributed by atoms with Crippen LogP contribution in [0, 0.1) is 0 Å². The van der Waals surface area contributed by atoms with Gasteiger partial charge in [0.05, 0.1) is 0 Å². The molecule has 0 radical (unpaired) electrons. The van der Waals surface area contributed by atoms with Crippen molar-refractivity contribution < 1.29 is 28.6 Å². The van der Waals surface area contributed by atoms with E-state index in [1.807, 2.05) is 0 Å². The largest absolute Gasteiger partial charge is 0.462 e. The number of hydrogen-bond acceptors (Lipinski definition) is 6. The highest BCUT2D eigenvalue weighted by molar-refractivity contribution is 5.71. The van der Waals surface area contributed by atoms with E-state index in [0.29, 0.717) is 19.3 Å². The van der Waals surface area contributed by atoms with Crippen LogP contribution in [0.15, 0.2) is 24.3 Å². The van der Waals surface area contributed by atoms with Crippen LogP contribution in [0.2, 0.25) is 0 Å². The van der Waals surface area contributed by atoms with Gasteiger partial charge in [-0.1, -0.05) is 373 Å². The fourth-order valence-electron chi connectivity index (χ4n) is 11.4. The zero-order chi connectivity index (χ0) is 58.5. The molecule has 0 heterocycles. The molecule has 0 aliphatic rings. The van der Waals surface area contributed by atoms with Crippen LogP contribution in [0.4, 0.5) is 0 Å². The van der Waals surface area contributed by atoms with Gasteiger partial charge in [0, 0.05) is 19.3 Å². The van der Waals surface area contributed by atoms with Crippen molar-refractivity contribution >= 4 is 17.9 Å². The molecule has 0 aromatic carbocycles. The molecule has 0 aromatic rings. The highest BCUT2D eigenvalue weighted by atomic mass is 16.6. The van der Waals surface area contributed by atoms with Crippen LogP contribution in [-0.2, 0) is 28.6 Å². The maximum absolute atomic E-state index is 12.9. The zero-order valence-electron chi connectivity index (χ0n) is 55.1. The number of carbonyl (C=O) groups excluding carboxylic acids is 3. The molecule has 0 aliphatic heterocycles. The fraction of sp³-hybridized carbons (Fsp3) is 0.907. The Morgan fingerprint density at radius 3 is 0.704 bits per heavy atom. The smallest absolute Gasteiger partial charge is 0.306 e. The van der Waals surface area contributed by atoms with Crippen molar-refractivity contribution in [2.45, 2.75) is 425 Å². The molecule has 0 N–H and O–H groups in total. The number of rotatable bonds is 69. The van der Waals surface area contributed by atoms with Crippen LogP contribution in [0.1, 0.15) is 419 Å². The van der Waals surface area contributed by atoms with Gasteiger partial charge in [0.2, 0.25) is 0 Å². The first-order valence-corrected chi connectivity index (χ1v) is 36.8. The molecule has 6 heteroatoms. The molecule has 0 aromatic heterocycles. The van der Waals surface area contributed by atoms with Crippen LogP contribution >= 0.6 is 0 Å². The molecule has 0 amide bonds. The summed E-state index contributed by atoms with van der Waals surface area (Å²) in [5, 5.41) is 0. The molecule has 81 heavy (non-hydrogen) atoms.